The molecule has 0 saturated heterocycles. The maximum absolute atomic E-state index is 13.3. The number of carbonyl (C=O) groups is 3. The monoisotopic (exact) mass is 607 g/mol. The summed E-state index contributed by atoms with van der Waals surface area (Å²) in [4.78, 5) is 44.0. The number of hydrogen-bond donors (Lipinski definition) is 2. The van der Waals surface area contributed by atoms with Crippen molar-refractivity contribution in [2.45, 2.75) is 73.1 Å². The van der Waals surface area contributed by atoms with Gasteiger partial charge in [-0.1, -0.05) is 32.9 Å². The standard InChI is InChI=1S/C32H41N3O5SSi/c1-19-14-24(29(36)33-18-23-12-11-13-25(16-23)40-42(9,10)32(5,6)7)15-20(2)28(19)30(37)35-26(31(38)39-8)17-27-21(3)34-22(4)41-27/h11-17H,18H2,1-10H3,(H,33,36)(H,35,37). The summed E-state index contributed by atoms with van der Waals surface area (Å²) >= 11 is 1.42. The van der Waals surface area contributed by atoms with E-state index in [0.29, 0.717) is 28.8 Å². The number of carbonyl (C=O) groups excluding carboxylic acids is 3. The molecule has 2 amide bonds. The second-order valence-electron chi connectivity index (χ2n) is 11.9. The maximum Gasteiger partial charge on any atom is 0.354 e. The molecule has 0 aliphatic heterocycles. The Morgan fingerprint density at radius 3 is 2.19 bits per heavy atom. The zero-order valence-corrected chi connectivity index (χ0v) is 28.0. The second kappa shape index (κ2) is 13.0. The Morgan fingerprint density at radius 2 is 1.64 bits per heavy atom. The van der Waals surface area contributed by atoms with Crippen LogP contribution in [0.5, 0.6) is 5.75 Å². The molecule has 2 N–H and O–H groups in total. The minimum Gasteiger partial charge on any atom is -0.543 e. The van der Waals surface area contributed by atoms with Crippen LogP contribution in [0.25, 0.3) is 6.08 Å². The van der Waals surface area contributed by atoms with E-state index in [1.54, 1.807) is 32.1 Å². The number of nitrogens with zero attached hydrogens (tertiary/aromatic N) is 1. The first kappa shape index (κ1) is 32.7. The SMILES string of the molecule is COC(=O)C(=Cc1sc(C)nc1C)NC(=O)c1c(C)cc(C(=O)NCc2cccc(O[Si](C)(C)C(C)(C)C)c2)cc1C. The number of esters is 1. The first-order valence-corrected chi connectivity index (χ1v) is 17.5. The summed E-state index contributed by atoms with van der Waals surface area (Å²) < 4.78 is 11.3. The van der Waals surface area contributed by atoms with E-state index in [0.717, 1.165) is 26.9 Å². The van der Waals surface area contributed by atoms with Gasteiger partial charge in [0.2, 0.25) is 8.32 Å². The molecule has 0 radical (unpaired) electrons. The molecule has 0 spiro atoms. The van der Waals surface area contributed by atoms with E-state index in [1.807, 2.05) is 38.1 Å². The third kappa shape index (κ3) is 7.95. The third-order valence-corrected chi connectivity index (χ3v) is 12.8. The highest BCUT2D eigenvalue weighted by Crippen LogP contribution is 2.37. The van der Waals surface area contributed by atoms with E-state index in [2.05, 4.69) is 49.5 Å². The van der Waals surface area contributed by atoms with Gasteiger partial charge in [0.05, 0.1) is 22.7 Å². The Hall–Kier alpha value is -3.76. The van der Waals surface area contributed by atoms with Gasteiger partial charge >= 0.3 is 5.97 Å². The Bertz CT molecular complexity index is 1510. The van der Waals surface area contributed by atoms with Crippen LogP contribution in [0.2, 0.25) is 18.1 Å². The average molecular weight is 608 g/mol. The van der Waals surface area contributed by atoms with Crippen molar-refractivity contribution in [1.82, 2.24) is 15.6 Å². The maximum atomic E-state index is 13.3. The van der Waals surface area contributed by atoms with Crippen LogP contribution >= 0.6 is 11.3 Å². The van der Waals surface area contributed by atoms with Crippen molar-refractivity contribution in [1.29, 1.82) is 0 Å². The molecule has 1 heterocycles. The number of amides is 2. The first-order valence-electron chi connectivity index (χ1n) is 13.7. The van der Waals surface area contributed by atoms with Crippen molar-refractivity contribution in [2.24, 2.45) is 0 Å². The highest BCUT2D eigenvalue weighted by molar-refractivity contribution is 7.12. The lowest BCUT2D eigenvalue weighted by molar-refractivity contribution is -0.136. The van der Waals surface area contributed by atoms with Gasteiger partial charge in [0.15, 0.2) is 0 Å². The van der Waals surface area contributed by atoms with Gasteiger partial charge in [-0.05, 0) is 92.9 Å². The van der Waals surface area contributed by atoms with Crippen LogP contribution in [-0.2, 0) is 16.1 Å². The number of thiazole rings is 1. The molecule has 2 aromatic carbocycles. The average Bonchev–Trinajstić information content (AvgIpc) is 3.21. The van der Waals surface area contributed by atoms with Crippen molar-refractivity contribution < 1.29 is 23.5 Å². The molecule has 224 valence electrons. The fourth-order valence-electron chi connectivity index (χ4n) is 4.16. The molecule has 1 aromatic heterocycles. The normalized spacial score (nSPS) is 12.1. The molecule has 0 bridgehead atoms. The molecule has 10 heteroatoms. The molecule has 3 rings (SSSR count). The van der Waals surface area contributed by atoms with E-state index in [4.69, 9.17) is 9.16 Å². The van der Waals surface area contributed by atoms with Crippen molar-refractivity contribution in [3.05, 3.63) is 85.5 Å². The minimum absolute atomic E-state index is 0.00892. The van der Waals surface area contributed by atoms with Crippen molar-refractivity contribution in [3.63, 3.8) is 0 Å². The molecule has 0 unspecified atom stereocenters. The number of hydrogen-bond acceptors (Lipinski definition) is 7. The Kier molecular flexibility index (Phi) is 10.2. The lowest BCUT2D eigenvalue weighted by Gasteiger charge is -2.36. The van der Waals surface area contributed by atoms with E-state index >= 15 is 0 Å². The van der Waals surface area contributed by atoms with Gasteiger partial charge < -0.3 is 19.8 Å². The topological polar surface area (TPSA) is 107 Å². The summed E-state index contributed by atoms with van der Waals surface area (Å²) in [5.41, 5.74) is 3.73. The minimum atomic E-state index is -1.99. The quantitative estimate of drug-likeness (QED) is 0.161. The molecule has 0 aliphatic carbocycles. The highest BCUT2D eigenvalue weighted by Gasteiger charge is 2.39. The predicted octanol–water partition coefficient (Wildman–Crippen LogP) is 6.63. The Balaban J connectivity index is 1.75. The lowest BCUT2D eigenvalue weighted by atomic mass is 9.98. The summed E-state index contributed by atoms with van der Waals surface area (Å²) in [7, 11) is -0.727. The number of aryl methyl sites for hydroxylation is 4. The zero-order chi connectivity index (χ0) is 31.4. The van der Waals surface area contributed by atoms with E-state index < -0.39 is 20.2 Å². The molecule has 42 heavy (non-hydrogen) atoms. The first-order chi connectivity index (χ1) is 19.5. The van der Waals surface area contributed by atoms with Gasteiger partial charge in [-0.2, -0.15) is 0 Å². The number of ether oxygens (including phenoxy) is 1. The smallest absolute Gasteiger partial charge is 0.354 e. The van der Waals surface area contributed by atoms with Crippen LogP contribution in [0, 0.1) is 27.7 Å². The number of rotatable bonds is 9. The van der Waals surface area contributed by atoms with Gasteiger partial charge in [-0.25, -0.2) is 9.78 Å². The van der Waals surface area contributed by atoms with Crippen LogP contribution in [0.4, 0.5) is 0 Å². The van der Waals surface area contributed by atoms with Crippen LogP contribution < -0.4 is 15.1 Å². The third-order valence-electron chi connectivity index (χ3n) is 7.42. The van der Waals surface area contributed by atoms with Crippen LogP contribution in [-0.4, -0.2) is 38.2 Å². The van der Waals surface area contributed by atoms with Crippen molar-refractivity contribution >= 4 is 43.5 Å². The van der Waals surface area contributed by atoms with E-state index in [-0.39, 0.29) is 16.6 Å². The lowest BCUT2D eigenvalue weighted by Crippen LogP contribution is -2.43. The summed E-state index contributed by atoms with van der Waals surface area (Å²) in [6, 6.07) is 11.1. The highest BCUT2D eigenvalue weighted by atomic mass is 32.1. The van der Waals surface area contributed by atoms with Gasteiger partial charge in [0.25, 0.3) is 11.8 Å². The van der Waals surface area contributed by atoms with Crippen LogP contribution in [0.3, 0.4) is 0 Å². The molecule has 0 fully saturated rings. The van der Waals surface area contributed by atoms with Gasteiger partial charge in [-0.15, -0.1) is 11.3 Å². The van der Waals surface area contributed by atoms with Crippen molar-refractivity contribution in [3.8, 4) is 5.75 Å². The van der Waals surface area contributed by atoms with Crippen LogP contribution in [0.15, 0.2) is 42.1 Å². The van der Waals surface area contributed by atoms with Gasteiger partial charge in [-0.3, -0.25) is 9.59 Å². The predicted molar refractivity (Wildman–Crippen MR) is 170 cm³/mol. The summed E-state index contributed by atoms with van der Waals surface area (Å²) in [6.07, 6.45) is 1.57. The number of aromatic nitrogens is 1. The summed E-state index contributed by atoms with van der Waals surface area (Å²) in [5, 5.41) is 6.59. The van der Waals surface area contributed by atoms with Crippen molar-refractivity contribution in [2.75, 3.05) is 7.11 Å². The molecule has 0 aliphatic rings. The molecule has 3 aromatic rings. The Labute approximate surface area is 253 Å². The summed E-state index contributed by atoms with van der Waals surface area (Å²) in [5.74, 6) is -0.587. The number of methoxy groups -OCH3 is 1. The fraction of sp³-hybridized carbons (Fsp3) is 0.375. The van der Waals surface area contributed by atoms with E-state index in [9.17, 15) is 14.4 Å². The largest absolute Gasteiger partial charge is 0.543 e. The van der Waals surface area contributed by atoms with Crippen LogP contribution in [0.1, 0.15) is 73.8 Å². The molecule has 8 nitrogen and oxygen atoms in total. The second-order valence-corrected chi connectivity index (χ2v) is 17.8. The Morgan fingerprint density at radius 1 is 1.00 bits per heavy atom. The molecular weight excluding hydrogens is 567 g/mol. The summed E-state index contributed by atoms with van der Waals surface area (Å²) in [6.45, 7) is 18.6. The number of nitrogens with one attached hydrogen (secondary N) is 2. The van der Waals surface area contributed by atoms with E-state index in [1.165, 1.54) is 18.4 Å². The van der Waals surface area contributed by atoms with Gasteiger partial charge in [0, 0.05) is 17.7 Å². The molecule has 0 saturated carbocycles. The number of benzene rings is 2. The molecule has 0 atom stereocenters. The molecular formula is C32H41N3O5SSi. The zero-order valence-electron chi connectivity index (χ0n) is 26.1. The fourth-order valence-corrected chi connectivity index (χ4v) is 6.05. The van der Waals surface area contributed by atoms with Gasteiger partial charge in [0.1, 0.15) is 11.4 Å².